The zero-order valence-corrected chi connectivity index (χ0v) is 10.3. The van der Waals surface area contributed by atoms with Gasteiger partial charge in [-0.2, -0.15) is 0 Å². The fourth-order valence-corrected chi connectivity index (χ4v) is 2.01. The zero-order valence-electron chi connectivity index (χ0n) is 9.38. The van der Waals surface area contributed by atoms with E-state index in [0.29, 0.717) is 11.5 Å². The van der Waals surface area contributed by atoms with Crippen molar-refractivity contribution in [2.75, 3.05) is 0 Å². The van der Waals surface area contributed by atoms with Gasteiger partial charge in [-0.05, 0) is 29.8 Å². The van der Waals surface area contributed by atoms with Crippen LogP contribution in [0.4, 0.5) is 0 Å². The van der Waals surface area contributed by atoms with Crippen LogP contribution in [0.1, 0.15) is 0 Å². The van der Waals surface area contributed by atoms with E-state index < -0.39 is 8.53 Å². The second kappa shape index (κ2) is 6.50. The summed E-state index contributed by atoms with van der Waals surface area (Å²) in [5.41, 5.74) is 8.51. The maximum absolute atomic E-state index is 8.51. The van der Waals surface area contributed by atoms with E-state index in [1.54, 1.807) is 24.3 Å². The van der Waals surface area contributed by atoms with Crippen LogP contribution in [0.25, 0.3) is 10.4 Å². The molecule has 0 aliphatic heterocycles. The summed E-state index contributed by atoms with van der Waals surface area (Å²) in [6.45, 7) is 0. The Hall–Kier alpha value is -2.22. The Balaban J connectivity index is 2.07. The molecule has 0 radical (unpaired) electrons. The predicted molar refractivity (Wildman–Crippen MR) is 70.2 cm³/mol. The number of para-hydroxylation sites is 2. The van der Waals surface area contributed by atoms with Gasteiger partial charge >= 0.3 is 8.53 Å². The van der Waals surface area contributed by atoms with Gasteiger partial charge in [0.2, 0.25) is 0 Å². The first kappa shape index (κ1) is 12.2. The van der Waals surface area contributed by atoms with Gasteiger partial charge in [0.15, 0.2) is 0 Å². The van der Waals surface area contributed by atoms with Crippen molar-refractivity contribution < 1.29 is 9.05 Å². The van der Waals surface area contributed by atoms with E-state index in [0.717, 1.165) is 0 Å². The summed E-state index contributed by atoms with van der Waals surface area (Å²) in [6, 6.07) is 18.2. The number of benzene rings is 2. The van der Waals surface area contributed by atoms with Crippen LogP contribution in [0.3, 0.4) is 0 Å². The molecule has 2 aromatic carbocycles. The van der Waals surface area contributed by atoms with E-state index in [-0.39, 0.29) is 0 Å². The highest BCUT2D eigenvalue weighted by atomic mass is 31.2. The molecule has 0 N–H and O–H groups in total. The number of hydrogen-bond acceptors (Lipinski definition) is 3. The number of rotatable bonds is 5. The molecule has 0 fully saturated rings. The van der Waals surface area contributed by atoms with Crippen LogP contribution in [0, 0.1) is 0 Å². The summed E-state index contributed by atoms with van der Waals surface area (Å²) >= 11 is 0. The van der Waals surface area contributed by atoms with Gasteiger partial charge in [-0.15, -0.1) is 0 Å². The Bertz CT molecular complexity index is 488. The minimum atomic E-state index is -1.70. The standard InChI is InChI=1S/C12H10N3O2P/c13-14-15-18(16-11-7-3-1-4-8-11)17-12-9-5-2-6-10-12/h1-10H. The first-order chi connectivity index (χ1) is 8.88. The van der Waals surface area contributed by atoms with E-state index in [2.05, 4.69) is 9.80 Å². The third-order valence-corrected chi connectivity index (χ3v) is 2.93. The quantitative estimate of drug-likeness (QED) is 0.338. The van der Waals surface area contributed by atoms with Crippen LogP contribution in [0.5, 0.6) is 11.5 Å². The molecule has 0 aliphatic carbocycles. The second-order valence-corrected chi connectivity index (χ2v) is 4.25. The highest BCUT2D eigenvalue weighted by Gasteiger charge is 2.12. The van der Waals surface area contributed by atoms with Crippen molar-refractivity contribution in [1.29, 1.82) is 0 Å². The van der Waals surface area contributed by atoms with Gasteiger partial charge in [0.1, 0.15) is 11.5 Å². The SMILES string of the molecule is [N-]=[N+]=NP(Oc1ccccc1)Oc1ccccc1. The topological polar surface area (TPSA) is 67.2 Å². The molecular weight excluding hydrogens is 249 g/mol. The third-order valence-electron chi connectivity index (χ3n) is 1.97. The highest BCUT2D eigenvalue weighted by molar-refractivity contribution is 7.46. The molecule has 0 aliphatic rings. The van der Waals surface area contributed by atoms with Crippen molar-refractivity contribution >= 4 is 8.53 Å². The molecule has 0 bridgehead atoms. The van der Waals surface area contributed by atoms with Crippen molar-refractivity contribution in [2.45, 2.75) is 0 Å². The lowest BCUT2D eigenvalue weighted by Gasteiger charge is -2.13. The van der Waals surface area contributed by atoms with Gasteiger partial charge in [0.25, 0.3) is 0 Å². The van der Waals surface area contributed by atoms with Crippen LogP contribution < -0.4 is 9.05 Å². The maximum atomic E-state index is 8.51. The van der Waals surface area contributed by atoms with Gasteiger partial charge in [-0.3, -0.25) is 0 Å². The molecule has 0 spiro atoms. The minimum absolute atomic E-state index is 0.604. The summed E-state index contributed by atoms with van der Waals surface area (Å²) in [4.78, 5) is 6.25. The highest BCUT2D eigenvalue weighted by Crippen LogP contribution is 2.41. The predicted octanol–water partition coefficient (Wildman–Crippen LogP) is 4.68. The molecule has 0 heterocycles. The fraction of sp³-hybridized carbons (Fsp3) is 0. The molecule has 0 atom stereocenters. The van der Waals surface area contributed by atoms with Crippen molar-refractivity contribution in [2.24, 2.45) is 4.88 Å². The average Bonchev–Trinajstić information content (AvgIpc) is 2.41. The van der Waals surface area contributed by atoms with Gasteiger partial charge in [0, 0.05) is 9.80 Å². The van der Waals surface area contributed by atoms with Crippen molar-refractivity contribution in [3.63, 3.8) is 0 Å². The average molecular weight is 259 g/mol. The Labute approximate surface area is 106 Å². The second-order valence-electron chi connectivity index (χ2n) is 3.23. The summed E-state index contributed by atoms with van der Waals surface area (Å²) < 4.78 is 11.0. The van der Waals surface area contributed by atoms with Gasteiger partial charge in [-0.1, -0.05) is 36.4 Å². The third kappa shape index (κ3) is 3.67. The van der Waals surface area contributed by atoms with Crippen molar-refractivity contribution in [1.82, 2.24) is 0 Å². The van der Waals surface area contributed by atoms with Crippen LogP contribution in [0.2, 0.25) is 0 Å². The first-order valence-electron chi connectivity index (χ1n) is 5.19. The molecule has 0 amide bonds. The van der Waals surface area contributed by atoms with Crippen LogP contribution >= 0.6 is 8.53 Å². The smallest absolute Gasteiger partial charge is 0.386 e. The zero-order chi connectivity index (χ0) is 12.6. The lowest BCUT2D eigenvalue weighted by molar-refractivity contribution is 0.491. The molecule has 2 aromatic rings. The van der Waals surface area contributed by atoms with Gasteiger partial charge in [-0.25, -0.2) is 0 Å². The Morgan fingerprint density at radius 2 is 1.28 bits per heavy atom. The Morgan fingerprint density at radius 3 is 1.67 bits per heavy atom. The molecule has 0 saturated carbocycles. The number of azide groups is 1. The Morgan fingerprint density at radius 1 is 0.833 bits per heavy atom. The summed E-state index contributed by atoms with van der Waals surface area (Å²) in [5, 5.41) is 0. The fourth-order valence-electron chi connectivity index (χ4n) is 1.23. The van der Waals surface area contributed by atoms with E-state index >= 15 is 0 Å². The monoisotopic (exact) mass is 259 g/mol. The minimum Gasteiger partial charge on any atom is -0.434 e. The number of hydrogen-bond donors (Lipinski definition) is 0. The van der Waals surface area contributed by atoms with E-state index in [1.807, 2.05) is 36.4 Å². The molecule has 90 valence electrons. The van der Waals surface area contributed by atoms with Crippen LogP contribution in [-0.2, 0) is 0 Å². The van der Waals surface area contributed by atoms with E-state index in [4.69, 9.17) is 14.6 Å². The molecular formula is C12H10N3O2P. The van der Waals surface area contributed by atoms with Gasteiger partial charge in [0.05, 0.1) is 0 Å². The van der Waals surface area contributed by atoms with Crippen molar-refractivity contribution in [3.05, 3.63) is 71.1 Å². The summed E-state index contributed by atoms with van der Waals surface area (Å²) in [5.74, 6) is 1.21. The van der Waals surface area contributed by atoms with E-state index in [1.165, 1.54) is 0 Å². The first-order valence-corrected chi connectivity index (χ1v) is 6.33. The molecule has 0 saturated heterocycles. The lowest BCUT2D eigenvalue weighted by atomic mass is 10.3. The van der Waals surface area contributed by atoms with E-state index in [9.17, 15) is 0 Å². The Kier molecular flexibility index (Phi) is 4.42. The molecule has 18 heavy (non-hydrogen) atoms. The van der Waals surface area contributed by atoms with Crippen LogP contribution in [-0.4, -0.2) is 0 Å². The lowest BCUT2D eigenvalue weighted by Crippen LogP contribution is -1.92. The van der Waals surface area contributed by atoms with Gasteiger partial charge < -0.3 is 9.05 Å². The molecule has 5 nitrogen and oxygen atoms in total. The maximum Gasteiger partial charge on any atom is 0.386 e. The molecule has 0 aromatic heterocycles. The molecule has 2 rings (SSSR count). The molecule has 0 unspecified atom stereocenters. The normalized spacial score (nSPS) is 9.61. The summed E-state index contributed by atoms with van der Waals surface area (Å²) in [6.07, 6.45) is 0. The largest absolute Gasteiger partial charge is 0.434 e. The summed E-state index contributed by atoms with van der Waals surface area (Å²) in [7, 11) is -1.70. The number of nitrogens with zero attached hydrogens (tertiary/aromatic N) is 3. The van der Waals surface area contributed by atoms with Crippen LogP contribution in [0.15, 0.2) is 65.5 Å². The van der Waals surface area contributed by atoms with Crippen molar-refractivity contribution in [3.8, 4) is 11.5 Å². The molecule has 6 heteroatoms.